The zero-order chi connectivity index (χ0) is 26.0. The van der Waals surface area contributed by atoms with E-state index in [0.717, 1.165) is 96.7 Å². The minimum absolute atomic E-state index is 0. The second kappa shape index (κ2) is 19.2. The summed E-state index contributed by atoms with van der Waals surface area (Å²) in [4.78, 5) is 17.5. The van der Waals surface area contributed by atoms with Crippen LogP contribution in [0, 0.1) is 0 Å². The molecule has 3 heterocycles. The maximum atomic E-state index is 8.79. The number of piperazine rings is 2. The first kappa shape index (κ1) is 36.1. The first-order valence-corrected chi connectivity index (χ1v) is 14.7. The number of amidine groups is 1. The molecule has 0 atom stereocenters. The van der Waals surface area contributed by atoms with Crippen molar-refractivity contribution < 1.29 is 14.6 Å². The third kappa shape index (κ3) is 10.5. The van der Waals surface area contributed by atoms with Crippen LogP contribution < -0.4 is 0 Å². The van der Waals surface area contributed by atoms with Gasteiger partial charge in [0.25, 0.3) is 0 Å². The van der Waals surface area contributed by atoms with Crippen LogP contribution in [0.4, 0.5) is 5.69 Å². The van der Waals surface area contributed by atoms with Crippen LogP contribution in [0.25, 0.3) is 0 Å². The molecule has 0 spiro atoms. The Morgan fingerprint density at radius 2 is 1.12 bits per heavy atom. The highest BCUT2D eigenvalue weighted by Gasteiger charge is 2.25. The number of nitrogens with zero attached hydrogens (tertiary/aromatic N) is 5. The highest BCUT2D eigenvalue weighted by Crippen LogP contribution is 2.40. The monoisotopic (exact) mass is 647 g/mol. The molecule has 3 aliphatic rings. The van der Waals surface area contributed by atoms with Crippen molar-refractivity contribution in [2.75, 3.05) is 105 Å². The maximum Gasteiger partial charge on any atom is 0.137 e. The van der Waals surface area contributed by atoms with Gasteiger partial charge in [-0.1, -0.05) is 42.1 Å². The second-order valence-electron chi connectivity index (χ2n) is 9.96. The summed E-state index contributed by atoms with van der Waals surface area (Å²) in [5.74, 6) is 1.10. The van der Waals surface area contributed by atoms with E-state index in [4.69, 9.17) is 19.6 Å². The molecule has 0 amide bonds. The van der Waals surface area contributed by atoms with Crippen LogP contribution in [0.15, 0.2) is 63.3 Å². The summed E-state index contributed by atoms with van der Waals surface area (Å²) in [6, 6.07) is 17.1. The number of benzene rings is 2. The first-order chi connectivity index (χ1) is 18.8. The number of aliphatic hydroxyl groups excluding tert-OH is 1. The fourth-order valence-electron chi connectivity index (χ4n) is 5.18. The van der Waals surface area contributed by atoms with Gasteiger partial charge in [0.1, 0.15) is 5.84 Å². The second-order valence-corrected chi connectivity index (χ2v) is 11.0. The number of aliphatic hydroxyl groups is 1. The number of ether oxygens (including phenoxy) is 2. The van der Waals surface area contributed by atoms with Gasteiger partial charge in [0, 0.05) is 87.3 Å². The number of hydrogen-bond donors (Lipinski definition) is 1. The zero-order valence-electron chi connectivity index (χ0n) is 23.6. The molecule has 8 nitrogen and oxygen atoms in total. The summed E-state index contributed by atoms with van der Waals surface area (Å²) in [5.41, 5.74) is 2.30. The Balaban J connectivity index is 0.00000196. The molecule has 2 fully saturated rings. The van der Waals surface area contributed by atoms with Crippen molar-refractivity contribution in [2.24, 2.45) is 4.99 Å². The first-order valence-electron chi connectivity index (χ1n) is 13.9. The van der Waals surface area contributed by atoms with E-state index in [1.165, 1.54) is 15.4 Å². The van der Waals surface area contributed by atoms with Crippen LogP contribution in [0.5, 0.6) is 0 Å². The van der Waals surface area contributed by atoms with Crippen LogP contribution in [0.2, 0.25) is 0 Å². The molecule has 0 aromatic heterocycles. The predicted octanol–water partition coefficient (Wildman–Crippen LogP) is 3.76. The number of para-hydroxylation sites is 1. The fraction of sp³-hybridized carbons (Fsp3) is 0.552. The Hall–Kier alpha value is -1.11. The molecule has 41 heavy (non-hydrogen) atoms. The van der Waals surface area contributed by atoms with Gasteiger partial charge in [-0.2, -0.15) is 0 Å². The van der Waals surface area contributed by atoms with Gasteiger partial charge in [-0.05, 0) is 18.2 Å². The van der Waals surface area contributed by atoms with Gasteiger partial charge in [0.05, 0.1) is 38.7 Å². The highest BCUT2D eigenvalue weighted by molar-refractivity contribution is 7.99. The van der Waals surface area contributed by atoms with Crippen molar-refractivity contribution in [3.63, 3.8) is 0 Å². The molecule has 1 N–H and O–H groups in total. The highest BCUT2D eigenvalue weighted by atomic mass is 35.5. The molecule has 0 unspecified atom stereocenters. The summed E-state index contributed by atoms with van der Waals surface area (Å²) in [6.07, 6.45) is 0. The maximum absolute atomic E-state index is 8.79. The van der Waals surface area contributed by atoms with E-state index < -0.39 is 0 Å². The SMILES string of the molecule is Cl.Cl.Cl.OCCOCCN1CCN(CCOCCN2CCN(C3=Nc4ccccc4Sc4ccccc43)CC2)CC1. The molecule has 230 valence electrons. The lowest BCUT2D eigenvalue weighted by Gasteiger charge is -2.36. The number of hydrogen-bond acceptors (Lipinski definition) is 9. The van der Waals surface area contributed by atoms with Crippen LogP contribution in [0.1, 0.15) is 5.56 Å². The van der Waals surface area contributed by atoms with Crippen molar-refractivity contribution in [3.05, 3.63) is 54.1 Å². The van der Waals surface area contributed by atoms with Crippen LogP contribution in [-0.4, -0.2) is 136 Å². The van der Waals surface area contributed by atoms with Gasteiger partial charge in [-0.15, -0.1) is 37.2 Å². The van der Waals surface area contributed by atoms with Crippen LogP contribution in [0.3, 0.4) is 0 Å². The summed E-state index contributed by atoms with van der Waals surface area (Å²) >= 11 is 1.82. The quantitative estimate of drug-likeness (QED) is 0.370. The molecule has 2 aromatic carbocycles. The van der Waals surface area contributed by atoms with Gasteiger partial charge < -0.3 is 19.5 Å². The number of halogens is 3. The van der Waals surface area contributed by atoms with Gasteiger partial charge in [0.15, 0.2) is 0 Å². The normalized spacial score (nSPS) is 17.7. The van der Waals surface area contributed by atoms with Crippen molar-refractivity contribution >= 4 is 60.5 Å². The fourth-order valence-corrected chi connectivity index (χ4v) is 6.20. The van der Waals surface area contributed by atoms with Crippen molar-refractivity contribution in [1.82, 2.24) is 19.6 Å². The molecule has 0 aliphatic carbocycles. The van der Waals surface area contributed by atoms with E-state index in [1.54, 1.807) is 0 Å². The Kier molecular flexibility index (Phi) is 16.9. The predicted molar refractivity (Wildman–Crippen MR) is 175 cm³/mol. The minimum atomic E-state index is 0. The molecular weight excluding hydrogens is 605 g/mol. The third-order valence-electron chi connectivity index (χ3n) is 7.47. The Labute approximate surface area is 267 Å². The smallest absolute Gasteiger partial charge is 0.137 e. The summed E-state index contributed by atoms with van der Waals surface area (Å²) < 4.78 is 11.4. The van der Waals surface area contributed by atoms with Crippen LogP contribution in [-0.2, 0) is 9.47 Å². The lowest BCUT2D eigenvalue weighted by Crippen LogP contribution is -2.50. The van der Waals surface area contributed by atoms with E-state index >= 15 is 0 Å². The lowest BCUT2D eigenvalue weighted by atomic mass is 10.1. The molecule has 2 saturated heterocycles. The molecular formula is C29H44Cl3N5O3S. The van der Waals surface area contributed by atoms with Crippen molar-refractivity contribution in [3.8, 4) is 0 Å². The topological polar surface area (TPSA) is 64.0 Å². The average Bonchev–Trinajstić information content (AvgIpc) is 3.13. The minimum Gasteiger partial charge on any atom is -0.394 e. The lowest BCUT2D eigenvalue weighted by molar-refractivity contribution is 0.0423. The van der Waals surface area contributed by atoms with Gasteiger partial charge in [-0.3, -0.25) is 14.7 Å². The number of rotatable bonds is 11. The molecule has 0 radical (unpaired) electrons. The summed E-state index contributed by atoms with van der Waals surface area (Å²) in [7, 11) is 0. The van der Waals surface area contributed by atoms with Crippen molar-refractivity contribution in [1.29, 1.82) is 0 Å². The molecule has 2 aromatic rings. The van der Waals surface area contributed by atoms with E-state index in [0.29, 0.717) is 13.2 Å². The Morgan fingerprint density at radius 1 is 0.634 bits per heavy atom. The van der Waals surface area contributed by atoms with E-state index in [1.807, 2.05) is 11.8 Å². The third-order valence-corrected chi connectivity index (χ3v) is 8.61. The summed E-state index contributed by atoms with van der Waals surface area (Å²) in [5, 5.41) is 8.79. The molecule has 0 saturated carbocycles. The van der Waals surface area contributed by atoms with Crippen molar-refractivity contribution in [2.45, 2.75) is 9.79 Å². The Morgan fingerprint density at radius 3 is 1.71 bits per heavy atom. The van der Waals surface area contributed by atoms with Gasteiger partial charge in [0.2, 0.25) is 0 Å². The van der Waals surface area contributed by atoms with E-state index in [-0.39, 0.29) is 43.8 Å². The number of fused-ring (bicyclic) bond motifs is 2. The molecule has 0 bridgehead atoms. The number of aliphatic imine (C=N–C) groups is 1. The molecule has 3 aliphatic heterocycles. The van der Waals surface area contributed by atoms with Crippen LogP contribution >= 0.6 is 49.0 Å². The van der Waals surface area contributed by atoms with E-state index in [2.05, 4.69) is 68.1 Å². The summed E-state index contributed by atoms with van der Waals surface area (Å²) in [6.45, 7) is 14.1. The Bertz CT molecular complexity index is 1050. The molecule has 5 rings (SSSR count). The van der Waals surface area contributed by atoms with E-state index in [9.17, 15) is 0 Å². The van der Waals surface area contributed by atoms with Gasteiger partial charge in [-0.25, -0.2) is 4.99 Å². The average molecular weight is 649 g/mol. The van der Waals surface area contributed by atoms with Gasteiger partial charge >= 0.3 is 0 Å². The largest absolute Gasteiger partial charge is 0.394 e. The standard InChI is InChI=1S/C29H41N5O3S.3ClH/c35-20-24-37-23-19-32-11-9-31(10-12-32)17-21-36-22-18-33-13-15-34(16-14-33)29-25-5-1-3-7-27(25)38-28-8-4-2-6-26(28)30-29;;;/h1-8,35H,9-24H2;3*1H. The molecule has 12 heteroatoms. The zero-order valence-corrected chi connectivity index (χ0v) is 26.8.